The molecule has 1 atom stereocenters. The van der Waals surface area contributed by atoms with Crippen LogP contribution >= 0.6 is 0 Å². The molecule has 0 aromatic carbocycles. The number of hydrogen-bond acceptors (Lipinski definition) is 5. The molecular weight excluding hydrogens is 813 g/mol. The minimum Gasteiger partial charge on any atom is -0.462 e. The molecule has 5 nitrogen and oxygen atoms in total. The summed E-state index contributed by atoms with van der Waals surface area (Å²) >= 11 is 0. The molecule has 0 aliphatic carbocycles. The highest BCUT2D eigenvalue weighted by Gasteiger charge is 2.17. The third kappa shape index (κ3) is 52.4. The third-order valence-electron chi connectivity index (χ3n) is 10.4. The van der Waals surface area contributed by atoms with Gasteiger partial charge >= 0.3 is 11.9 Å². The summed E-state index contributed by atoms with van der Waals surface area (Å²) in [6.07, 6.45) is 80.5. The fourth-order valence-corrected chi connectivity index (χ4v) is 6.56. The molecule has 0 aliphatic heterocycles. The summed E-state index contributed by atoms with van der Waals surface area (Å²) in [7, 11) is 0. The normalized spacial score (nSPS) is 13.4. The van der Waals surface area contributed by atoms with Crippen LogP contribution in [-0.2, 0) is 23.8 Å². The summed E-state index contributed by atoms with van der Waals surface area (Å²) in [5.74, 6) is -0.600. The first-order chi connectivity index (χ1) is 32.6. The van der Waals surface area contributed by atoms with Crippen molar-refractivity contribution in [3.63, 3.8) is 0 Å². The summed E-state index contributed by atoms with van der Waals surface area (Å²) < 4.78 is 17.2. The van der Waals surface area contributed by atoms with Crippen LogP contribution < -0.4 is 0 Å². The fraction of sp³-hybridized carbons (Fsp3) is 0.574. The lowest BCUT2D eigenvalue weighted by molar-refractivity contribution is -0.162. The zero-order valence-corrected chi connectivity index (χ0v) is 42.4. The van der Waals surface area contributed by atoms with Crippen LogP contribution in [0.4, 0.5) is 0 Å². The Morgan fingerprint density at radius 3 is 1.17 bits per heavy atom. The number of hydrogen-bond donors (Lipinski definition) is 0. The molecule has 0 N–H and O–H groups in total. The number of carbonyl (C=O) groups is 2. The van der Waals surface area contributed by atoms with E-state index < -0.39 is 6.10 Å². The fourth-order valence-electron chi connectivity index (χ4n) is 6.56. The molecule has 0 saturated heterocycles. The summed E-state index contributed by atoms with van der Waals surface area (Å²) in [4.78, 5) is 25.4. The van der Waals surface area contributed by atoms with E-state index in [4.69, 9.17) is 14.2 Å². The zero-order chi connectivity index (χ0) is 47.7. The molecule has 0 bridgehead atoms. The van der Waals surface area contributed by atoms with Gasteiger partial charge in [0.05, 0.1) is 19.6 Å². The molecule has 0 amide bonds. The van der Waals surface area contributed by atoms with E-state index in [2.05, 4.69) is 154 Å². The molecule has 0 rings (SSSR count). The summed E-state index contributed by atoms with van der Waals surface area (Å²) in [5, 5.41) is 0. The van der Waals surface area contributed by atoms with Gasteiger partial charge in [-0.2, -0.15) is 0 Å². The molecule has 5 heteroatoms. The van der Waals surface area contributed by atoms with Crippen molar-refractivity contribution >= 4 is 11.9 Å². The molecular formula is C61H96O5. The van der Waals surface area contributed by atoms with Crippen molar-refractivity contribution in [3.05, 3.63) is 146 Å². The summed E-state index contributed by atoms with van der Waals surface area (Å²) in [6, 6.07) is 0. The third-order valence-corrected chi connectivity index (χ3v) is 10.4. The Kier molecular flexibility index (Phi) is 51.6. The van der Waals surface area contributed by atoms with E-state index >= 15 is 0 Å². The molecule has 0 radical (unpaired) electrons. The van der Waals surface area contributed by atoms with E-state index in [0.717, 1.165) is 96.3 Å². The van der Waals surface area contributed by atoms with Crippen LogP contribution in [0.3, 0.4) is 0 Å². The van der Waals surface area contributed by atoms with Gasteiger partial charge in [0, 0.05) is 6.42 Å². The van der Waals surface area contributed by atoms with Gasteiger partial charge in [-0.25, -0.2) is 0 Å². The van der Waals surface area contributed by atoms with Crippen LogP contribution in [0, 0.1) is 0 Å². The van der Waals surface area contributed by atoms with Gasteiger partial charge in [0.2, 0.25) is 0 Å². The zero-order valence-electron chi connectivity index (χ0n) is 42.4. The molecule has 0 fully saturated rings. The first-order valence-electron chi connectivity index (χ1n) is 26.4. The lowest BCUT2D eigenvalue weighted by Crippen LogP contribution is -2.29. The Labute approximate surface area is 406 Å². The quantitative estimate of drug-likeness (QED) is 0.0346. The maximum Gasteiger partial charge on any atom is 0.310 e. The molecule has 0 heterocycles. The van der Waals surface area contributed by atoms with Crippen molar-refractivity contribution in [2.45, 2.75) is 207 Å². The van der Waals surface area contributed by atoms with Crippen LogP contribution in [-0.4, -0.2) is 37.9 Å². The van der Waals surface area contributed by atoms with Gasteiger partial charge in [0.25, 0.3) is 0 Å². The average molecular weight is 909 g/mol. The minimum atomic E-state index is -0.643. The van der Waals surface area contributed by atoms with Gasteiger partial charge in [-0.3, -0.25) is 9.59 Å². The largest absolute Gasteiger partial charge is 0.462 e. The van der Waals surface area contributed by atoms with E-state index in [9.17, 15) is 9.59 Å². The van der Waals surface area contributed by atoms with E-state index in [-0.39, 0.29) is 31.6 Å². The number of unbranched alkanes of at least 4 members (excludes halogenated alkanes) is 12. The van der Waals surface area contributed by atoms with Gasteiger partial charge < -0.3 is 14.2 Å². The number of allylic oxidation sites excluding steroid dienone is 22. The van der Waals surface area contributed by atoms with Crippen LogP contribution in [0.25, 0.3) is 0 Å². The second-order valence-corrected chi connectivity index (χ2v) is 16.7. The summed E-state index contributed by atoms with van der Waals surface area (Å²) in [5.41, 5.74) is 0. The average Bonchev–Trinajstić information content (AvgIpc) is 3.32. The highest BCUT2D eigenvalue weighted by molar-refractivity contribution is 5.71. The highest BCUT2D eigenvalue weighted by Crippen LogP contribution is 2.13. The second kappa shape index (κ2) is 55.1. The van der Waals surface area contributed by atoms with E-state index in [1.807, 2.05) is 12.2 Å². The van der Waals surface area contributed by atoms with Crippen molar-refractivity contribution in [2.24, 2.45) is 0 Å². The smallest absolute Gasteiger partial charge is 0.310 e. The minimum absolute atomic E-state index is 0.00384. The monoisotopic (exact) mass is 909 g/mol. The molecule has 370 valence electrons. The number of carbonyl (C=O) groups excluding carboxylic acids is 2. The molecule has 0 aliphatic rings. The summed E-state index contributed by atoms with van der Waals surface area (Å²) in [6.45, 7) is 7.23. The lowest BCUT2D eigenvalue weighted by Gasteiger charge is -2.18. The van der Waals surface area contributed by atoms with Crippen LogP contribution in [0.2, 0.25) is 0 Å². The maximum absolute atomic E-state index is 12.7. The molecule has 0 aromatic rings. The van der Waals surface area contributed by atoms with Crippen LogP contribution in [0.15, 0.2) is 146 Å². The van der Waals surface area contributed by atoms with Gasteiger partial charge in [-0.15, -0.1) is 0 Å². The second-order valence-electron chi connectivity index (χ2n) is 16.7. The van der Waals surface area contributed by atoms with Crippen molar-refractivity contribution < 1.29 is 23.8 Å². The molecule has 0 spiro atoms. The van der Waals surface area contributed by atoms with Gasteiger partial charge in [0.1, 0.15) is 6.61 Å². The molecule has 1 unspecified atom stereocenters. The Morgan fingerprint density at radius 2 is 0.727 bits per heavy atom. The van der Waals surface area contributed by atoms with Crippen molar-refractivity contribution in [3.8, 4) is 0 Å². The molecule has 66 heavy (non-hydrogen) atoms. The lowest BCUT2D eigenvalue weighted by atomic mass is 10.1. The highest BCUT2D eigenvalue weighted by atomic mass is 16.6. The number of esters is 2. The topological polar surface area (TPSA) is 61.8 Å². The van der Waals surface area contributed by atoms with Crippen molar-refractivity contribution in [2.75, 3.05) is 19.8 Å². The van der Waals surface area contributed by atoms with Crippen LogP contribution in [0.5, 0.6) is 0 Å². The maximum atomic E-state index is 12.7. The first kappa shape index (κ1) is 61.8. The number of rotatable bonds is 46. The molecule has 0 saturated carbocycles. The van der Waals surface area contributed by atoms with E-state index in [1.54, 1.807) is 0 Å². The SMILES string of the molecule is CC/C=C\C/C=C\C/C=C\C/C=C\C/C=C\CCOCC(COC(=O)CCCCCCCCCCC/C=C\C/C=C\CCCCC)OC(=O)C/C=C\C/C=C\C/C=C\C/C=C\C/C=C\CC. The van der Waals surface area contributed by atoms with Gasteiger partial charge in [-0.1, -0.05) is 224 Å². The Hall–Kier alpha value is -4.22. The predicted octanol–water partition coefficient (Wildman–Crippen LogP) is 18.1. The van der Waals surface area contributed by atoms with E-state index in [1.165, 1.54) is 70.6 Å². The van der Waals surface area contributed by atoms with Gasteiger partial charge in [-0.05, 0) is 109 Å². The molecule has 0 aromatic heterocycles. The Morgan fingerprint density at radius 1 is 0.364 bits per heavy atom. The van der Waals surface area contributed by atoms with Gasteiger partial charge in [0.15, 0.2) is 6.10 Å². The van der Waals surface area contributed by atoms with Crippen molar-refractivity contribution in [1.82, 2.24) is 0 Å². The predicted molar refractivity (Wildman–Crippen MR) is 288 cm³/mol. The van der Waals surface area contributed by atoms with Crippen molar-refractivity contribution in [1.29, 1.82) is 0 Å². The Bertz CT molecular complexity index is 1450. The number of ether oxygens (including phenoxy) is 3. The Balaban J connectivity index is 4.51. The standard InChI is InChI=1S/C61H96O5/c1-4-7-10-13-16-19-22-25-28-30-31-32-34-36-39-42-45-48-51-54-60(62)65-58-59(57-64-56-53-50-47-44-41-38-35-29-26-23-20-17-14-11-8-5-2)66-61(63)55-52-49-46-43-40-37-33-27-24-21-18-15-12-9-6-3/h8-9,11-12,16-21,25-29,33,38,40-41,43,47,49-50,52,59H,4-7,10,13-15,22-24,30-32,34-37,39,42,44-46,48,51,53-58H2,1-3H3/b11-8-,12-9-,19-16-,20-17-,21-18-,28-25-,29-26-,33-27-,41-38-,43-40-,50-47-,52-49-. The van der Waals surface area contributed by atoms with E-state index in [0.29, 0.717) is 13.0 Å². The van der Waals surface area contributed by atoms with Crippen LogP contribution in [0.1, 0.15) is 201 Å². The first-order valence-corrected chi connectivity index (χ1v) is 26.4.